The molecule has 5 heterocycles. The predicted molar refractivity (Wildman–Crippen MR) is 515 cm³/mol. The topological polar surface area (TPSA) is 694 Å². The lowest BCUT2D eigenvalue weighted by molar-refractivity contribution is -0.148. The molecule has 18 amide bonds. The number of carboxylic acid groups (broad SMARTS) is 2. The largest absolute Gasteiger partial charge is 0.481 e. The van der Waals surface area contributed by atoms with Gasteiger partial charge in [0.15, 0.2) is 5.96 Å². The van der Waals surface area contributed by atoms with Crippen LogP contribution in [0.2, 0.25) is 5.02 Å². The van der Waals surface area contributed by atoms with Crippen molar-refractivity contribution in [2.75, 3.05) is 63.9 Å². The van der Waals surface area contributed by atoms with Gasteiger partial charge < -0.3 is 132 Å². The van der Waals surface area contributed by atoms with Crippen LogP contribution in [-0.4, -0.2) is 320 Å². The van der Waals surface area contributed by atoms with E-state index in [9.17, 15) is 72.9 Å². The van der Waals surface area contributed by atoms with Crippen LogP contribution in [0.3, 0.4) is 0 Å². The quantitative estimate of drug-likeness (QED) is 0.0146. The number of amides is 18. The molecule has 7 rings (SSSR count). The monoisotopic (exact) mass is 2010 g/mol. The van der Waals surface area contributed by atoms with Gasteiger partial charge in [-0.15, -0.1) is 0 Å². The van der Waals surface area contributed by atoms with Crippen LogP contribution in [-0.2, 0) is 99.1 Å². The number of rotatable bonds is 38. The summed E-state index contributed by atoms with van der Waals surface area (Å²) in [5, 5.41) is 75.3. The fraction of sp³-hybridized carbons (Fsp3) is 0.648. The first-order chi connectivity index (χ1) is 66.2. The average Bonchev–Trinajstić information content (AvgIpc) is 1.69. The van der Waals surface area contributed by atoms with Crippen LogP contribution in [0.25, 0.3) is 0 Å². The number of nitrogens with zero attached hydrogens (tertiary/aromatic N) is 4. The smallest absolute Gasteiger partial charge is 0.405 e. The van der Waals surface area contributed by atoms with E-state index in [0.717, 1.165) is 21.6 Å². The molecule has 5 saturated heterocycles. The maximum Gasteiger partial charge on any atom is 0.405 e. The standard InChI is InChI=1S/C91H140ClN23O22S2/c1-7-8-25-60-86(132)112-39-17-28-67(112)83(129)99-52(6)74(120)109-65(48-116)81(127)107-63(46-53-21-10-9-11-22-53)80(126)110-66(82(128)105-61(27-13-15-37-94)87(133)115-42-20-31-70(115)88(134)113-40-18-29-68(113)84(130)100-56(73(95)119)32-33-71(117)118)49-139-138-43-35-59(77(123)106-62(44-50(2)3)78(124)102-58(34-38-98-90(96)97)76(122)101-57(75(121)104-60)26-12-14-36-93)103-79(125)64(47-54-23-16-24-55(92)45-54)108-85(131)69-30-19-41-114(69)89(135)72(51(4)5)111-91(136)137/h9-11,16,21-24,45,50-52,56-70,72,111,116H,7-8,12-15,17-20,25-44,46-49,93-94H2,1-6H3,(H2,95,119)(H,99,129)(H,100,130)(H,101,122)(H,102,124)(H,103,125)(H,104,121)(H,105,128)(H,106,123)(H,107,127)(H,108,131)(H,109,120)(H,110,126)(H,117,118)(H,136,137)(H4,96,97,98)/t52-,56-,57-,58-,59-,60-,61-,62-,63-,64-,65-,66-,67-,68-,69-,70-,72-/m0/s1. The van der Waals surface area contributed by atoms with Crippen molar-refractivity contribution in [3.05, 3.63) is 70.7 Å². The molecular formula is C91H140ClN23O22S2. The summed E-state index contributed by atoms with van der Waals surface area (Å²) < 4.78 is 0. The highest BCUT2D eigenvalue weighted by Crippen LogP contribution is 2.30. The van der Waals surface area contributed by atoms with E-state index in [-0.39, 0.29) is 159 Å². The normalized spacial score (nSPS) is 24.1. The molecule has 26 N–H and O–H groups in total. The minimum absolute atomic E-state index is 0.0169. The number of guanidine groups is 1. The summed E-state index contributed by atoms with van der Waals surface area (Å²) in [6.45, 7) is 8.86. The van der Waals surface area contributed by atoms with Gasteiger partial charge >= 0.3 is 12.1 Å². The van der Waals surface area contributed by atoms with Crippen molar-refractivity contribution in [1.29, 1.82) is 5.41 Å². The van der Waals surface area contributed by atoms with Crippen molar-refractivity contribution in [3.63, 3.8) is 0 Å². The lowest BCUT2D eigenvalue weighted by Crippen LogP contribution is -2.61. The number of likely N-dealkylation sites (tertiary alicyclic amines) is 3. The zero-order valence-corrected chi connectivity index (χ0v) is 82.0. The molecule has 0 aliphatic carbocycles. The number of carbonyl (C=O) groups is 19. The van der Waals surface area contributed by atoms with E-state index < -0.39 is 252 Å². The molecule has 5 aliphatic rings. The lowest BCUT2D eigenvalue weighted by atomic mass is 10.0. The van der Waals surface area contributed by atoms with Crippen LogP contribution in [0.15, 0.2) is 54.6 Å². The summed E-state index contributed by atoms with van der Waals surface area (Å²) in [6, 6.07) is -10.4. The maximum atomic E-state index is 15.7. The molecule has 45 nitrogen and oxygen atoms in total. The van der Waals surface area contributed by atoms with E-state index in [1.807, 2.05) is 6.92 Å². The first-order valence-corrected chi connectivity index (χ1v) is 50.5. The number of aliphatic hydroxyl groups excluding tert-OH is 1. The van der Waals surface area contributed by atoms with Crippen molar-refractivity contribution in [3.8, 4) is 0 Å². The average molecular weight is 2010 g/mol. The van der Waals surface area contributed by atoms with Gasteiger partial charge in [-0.1, -0.05) is 123 Å². The zero-order valence-electron chi connectivity index (χ0n) is 79.6. The highest BCUT2D eigenvalue weighted by Gasteiger charge is 2.48. The first-order valence-electron chi connectivity index (χ1n) is 47.7. The summed E-state index contributed by atoms with van der Waals surface area (Å²) in [5.41, 5.74) is 24.0. The minimum Gasteiger partial charge on any atom is -0.481 e. The Labute approximate surface area is 820 Å². The van der Waals surface area contributed by atoms with Crippen molar-refractivity contribution in [2.24, 2.45) is 34.8 Å². The molecule has 2 aromatic carbocycles. The van der Waals surface area contributed by atoms with E-state index in [1.54, 1.807) is 76.2 Å². The third-order valence-electron chi connectivity index (χ3n) is 24.7. The number of aliphatic carboxylic acids is 1. The number of halogens is 1. The zero-order chi connectivity index (χ0) is 102. The minimum atomic E-state index is -1.84. The van der Waals surface area contributed by atoms with E-state index in [2.05, 4.69) is 74.4 Å². The molecule has 770 valence electrons. The number of nitrogens with two attached hydrogens (primary N) is 4. The molecule has 17 atom stereocenters. The Balaban J connectivity index is 1.34. The molecule has 5 aliphatic heterocycles. The summed E-state index contributed by atoms with van der Waals surface area (Å²) in [6.07, 6.45) is -0.289. The number of nitrogens with one attached hydrogen (secondary N) is 15. The van der Waals surface area contributed by atoms with E-state index >= 15 is 33.6 Å². The van der Waals surface area contributed by atoms with Crippen molar-refractivity contribution >= 4 is 152 Å². The van der Waals surface area contributed by atoms with Crippen LogP contribution in [0.4, 0.5) is 4.79 Å². The van der Waals surface area contributed by atoms with Crippen molar-refractivity contribution in [2.45, 2.75) is 298 Å². The van der Waals surface area contributed by atoms with E-state index in [0.29, 0.717) is 56.1 Å². The van der Waals surface area contributed by atoms with Gasteiger partial charge in [0.25, 0.3) is 0 Å². The number of hydrogen-bond acceptors (Lipinski definition) is 25. The van der Waals surface area contributed by atoms with Gasteiger partial charge in [-0.25, -0.2) is 4.79 Å². The third-order valence-corrected chi connectivity index (χ3v) is 27.4. The first kappa shape index (κ1) is 114. The van der Waals surface area contributed by atoms with Gasteiger partial charge in [-0.3, -0.25) is 91.7 Å². The molecule has 2 aromatic rings. The highest BCUT2D eigenvalue weighted by molar-refractivity contribution is 8.76. The van der Waals surface area contributed by atoms with Gasteiger partial charge in [-0.2, -0.15) is 0 Å². The fourth-order valence-corrected chi connectivity index (χ4v) is 19.7. The number of aliphatic hydroxyl groups is 1. The summed E-state index contributed by atoms with van der Waals surface area (Å²) in [7, 11) is 1.89. The van der Waals surface area contributed by atoms with Gasteiger partial charge in [0.2, 0.25) is 100 Å². The number of hydrogen-bond donors (Lipinski definition) is 22. The molecule has 48 heteroatoms. The number of benzene rings is 2. The van der Waals surface area contributed by atoms with Crippen LogP contribution in [0.5, 0.6) is 0 Å². The van der Waals surface area contributed by atoms with Crippen LogP contribution in [0, 0.1) is 17.2 Å². The lowest BCUT2D eigenvalue weighted by Gasteiger charge is -2.33. The summed E-state index contributed by atoms with van der Waals surface area (Å²) in [4.78, 5) is 280. The van der Waals surface area contributed by atoms with Gasteiger partial charge in [0.05, 0.1) is 6.61 Å². The van der Waals surface area contributed by atoms with Crippen molar-refractivity contribution < 1.29 is 106 Å². The Bertz CT molecular complexity index is 4610. The molecule has 0 aromatic heterocycles. The Hall–Kier alpha value is -11.7. The molecule has 0 spiro atoms. The molecule has 0 radical (unpaired) electrons. The number of carboxylic acids is 1. The van der Waals surface area contributed by atoms with E-state index in [1.165, 1.54) is 32.6 Å². The second-order valence-corrected chi connectivity index (χ2v) is 39.3. The second-order valence-electron chi connectivity index (χ2n) is 36.2. The highest BCUT2D eigenvalue weighted by atomic mass is 35.5. The van der Waals surface area contributed by atoms with Crippen molar-refractivity contribution in [1.82, 2.24) is 94.0 Å². The van der Waals surface area contributed by atoms with Crippen LogP contribution < -0.4 is 97.4 Å². The number of carbonyl (C=O) groups excluding carboxylic acids is 17. The van der Waals surface area contributed by atoms with Gasteiger partial charge in [0.1, 0.15) is 103 Å². The Kier molecular flexibility index (Phi) is 47.5. The number of primary amides is 1. The molecule has 5 fully saturated rings. The molecule has 0 saturated carbocycles. The van der Waals surface area contributed by atoms with E-state index in [4.69, 9.17) is 39.9 Å². The van der Waals surface area contributed by atoms with Crippen LogP contribution in [0.1, 0.15) is 194 Å². The third kappa shape index (κ3) is 35.9. The molecular weight excluding hydrogens is 1870 g/mol. The Morgan fingerprint density at radius 1 is 0.547 bits per heavy atom. The number of fused-ring (bicyclic) bond motifs is 1. The second kappa shape index (κ2) is 57.8. The number of unbranched alkanes of at least 4 members (excludes halogenated alkanes) is 3. The molecule has 0 unspecified atom stereocenters. The molecule has 139 heavy (non-hydrogen) atoms. The Morgan fingerprint density at radius 2 is 1.10 bits per heavy atom. The van der Waals surface area contributed by atoms with Gasteiger partial charge in [-0.05, 0) is 177 Å². The summed E-state index contributed by atoms with van der Waals surface area (Å²) >= 11 is 6.52. The maximum absolute atomic E-state index is 15.7. The SMILES string of the molecule is CCCC[C@@H]1NC(=O)[C@H](CCCCN)NC(=O)[C@H](CCNC(=N)N)NC(=O)[C@H](CC(C)C)NC(=O)[C@@H](NC(=O)[C@H](Cc2cccc(Cl)c2)NC(=O)[C@@H]2CCCN2C(=O)[C@@H](NC(=O)O)C(C)C)CCSSC[C@@H](C(=O)N[C@@H](CCCCN)C(=O)N2CCC[C@H]2C(=O)N2CCC[C@H]2C(=O)N[C@@H](CCC(=O)O)C(N)=O)NC(=O)[C@H](Cc2ccccc2)NC(=O)[C@H](CO)NC(=O)[C@H](C)NC(=O)[C@@H]2CCCN2C1=O. The fourth-order valence-electron chi connectivity index (χ4n) is 17.2. The Morgan fingerprint density at radius 3 is 1.71 bits per heavy atom. The summed E-state index contributed by atoms with van der Waals surface area (Å²) in [5.74, 6) is -18.6. The molecule has 0 bridgehead atoms. The predicted octanol–water partition coefficient (Wildman–Crippen LogP) is -2.29. The van der Waals surface area contributed by atoms with Gasteiger partial charge in [0, 0.05) is 68.5 Å². The van der Waals surface area contributed by atoms with Crippen LogP contribution >= 0.6 is 33.2 Å².